The number of nitrogens with one attached hydrogen (secondary N) is 2. The Balaban J connectivity index is 1.85. The van der Waals surface area contributed by atoms with Gasteiger partial charge in [0, 0.05) is 32.8 Å². The lowest BCUT2D eigenvalue weighted by Crippen LogP contribution is -2.42. The van der Waals surface area contributed by atoms with Crippen LogP contribution in [0.4, 0.5) is 23.7 Å². The molecule has 1 aliphatic heterocycles. The number of aromatic nitrogens is 1. The highest BCUT2D eigenvalue weighted by Gasteiger charge is 2.40. The zero-order chi connectivity index (χ0) is 18.3. The minimum Gasteiger partial charge on any atom is -0.475 e. The van der Waals surface area contributed by atoms with Crippen LogP contribution < -0.4 is 15.4 Å². The van der Waals surface area contributed by atoms with Crippen LogP contribution in [0.3, 0.4) is 0 Å². The van der Waals surface area contributed by atoms with Gasteiger partial charge in [0.05, 0.1) is 18.5 Å². The first kappa shape index (κ1) is 19.3. The predicted molar refractivity (Wildman–Crippen MR) is 84.7 cm³/mol. The highest BCUT2D eigenvalue weighted by Crippen LogP contribution is 2.24. The Morgan fingerprint density at radius 1 is 1.40 bits per heavy atom. The number of carbonyl (C=O) groups is 1. The summed E-state index contributed by atoms with van der Waals surface area (Å²) in [5.41, 5.74) is 0.439. The van der Waals surface area contributed by atoms with Gasteiger partial charge < -0.3 is 25.0 Å². The highest BCUT2D eigenvalue weighted by molar-refractivity contribution is 5.89. The fourth-order valence-electron chi connectivity index (χ4n) is 2.33. The van der Waals surface area contributed by atoms with E-state index >= 15 is 0 Å². The van der Waals surface area contributed by atoms with E-state index in [2.05, 4.69) is 15.6 Å². The van der Waals surface area contributed by atoms with Crippen LogP contribution in [-0.4, -0.2) is 68.1 Å². The van der Waals surface area contributed by atoms with Gasteiger partial charge >= 0.3 is 12.2 Å². The quantitative estimate of drug-likeness (QED) is 0.782. The fourth-order valence-corrected chi connectivity index (χ4v) is 2.33. The molecule has 140 valence electrons. The van der Waals surface area contributed by atoms with Crippen molar-refractivity contribution in [2.24, 2.45) is 0 Å². The second-order valence-corrected chi connectivity index (χ2v) is 5.48. The molecule has 0 radical (unpaired) electrons. The number of pyridine rings is 1. The molecule has 1 aromatic heterocycles. The van der Waals surface area contributed by atoms with E-state index in [0.717, 1.165) is 0 Å². The summed E-state index contributed by atoms with van der Waals surface area (Å²) in [6, 6.07) is 1.16. The molecule has 0 bridgehead atoms. The molecule has 0 unspecified atom stereocenters. The van der Waals surface area contributed by atoms with Crippen molar-refractivity contribution in [2.45, 2.75) is 18.6 Å². The maximum atomic E-state index is 12.7. The Morgan fingerprint density at radius 3 is 2.84 bits per heavy atom. The summed E-state index contributed by atoms with van der Waals surface area (Å²) in [5.74, 6) is 0.391. The summed E-state index contributed by atoms with van der Waals surface area (Å²) in [6.45, 7) is 1.10. The van der Waals surface area contributed by atoms with Gasteiger partial charge in [0.15, 0.2) is 0 Å². The zero-order valence-corrected chi connectivity index (χ0v) is 13.8. The molecule has 1 fully saturated rings. The monoisotopic (exact) mass is 362 g/mol. The molecule has 1 aromatic rings. The van der Waals surface area contributed by atoms with E-state index in [4.69, 9.17) is 9.47 Å². The topological polar surface area (TPSA) is 75.7 Å². The van der Waals surface area contributed by atoms with E-state index in [0.29, 0.717) is 24.8 Å². The molecule has 2 heterocycles. The summed E-state index contributed by atoms with van der Waals surface area (Å²) in [7, 11) is 1.56. The van der Waals surface area contributed by atoms with Crippen LogP contribution in [0.25, 0.3) is 0 Å². The number of amides is 2. The number of anilines is 1. The van der Waals surface area contributed by atoms with Gasteiger partial charge in [-0.3, -0.25) is 0 Å². The second-order valence-electron chi connectivity index (χ2n) is 5.48. The molecule has 25 heavy (non-hydrogen) atoms. The van der Waals surface area contributed by atoms with Gasteiger partial charge in [-0.05, 0) is 12.5 Å². The van der Waals surface area contributed by atoms with Crippen molar-refractivity contribution < 1.29 is 27.4 Å². The number of halogens is 3. The van der Waals surface area contributed by atoms with Crippen LogP contribution in [0.15, 0.2) is 18.3 Å². The third-order valence-electron chi connectivity index (χ3n) is 3.67. The molecule has 0 aromatic carbocycles. The zero-order valence-electron chi connectivity index (χ0n) is 13.8. The van der Waals surface area contributed by atoms with Crippen LogP contribution in [0.5, 0.6) is 5.88 Å². The Bertz CT molecular complexity index is 554. The van der Waals surface area contributed by atoms with Crippen molar-refractivity contribution in [1.82, 2.24) is 15.2 Å². The van der Waals surface area contributed by atoms with Crippen molar-refractivity contribution in [3.63, 3.8) is 0 Å². The van der Waals surface area contributed by atoms with E-state index in [1.165, 1.54) is 11.1 Å². The number of alkyl halides is 3. The first-order valence-electron chi connectivity index (χ1n) is 7.84. The molecule has 1 saturated heterocycles. The molecule has 2 rings (SSSR count). The van der Waals surface area contributed by atoms with Crippen LogP contribution in [0, 0.1) is 0 Å². The SMILES string of the molecule is COCCOc1ccc(NC(=O)N2CCN[C@H](C(F)(F)F)CC2)cn1. The predicted octanol–water partition coefficient (Wildman–Crippen LogP) is 1.86. The van der Waals surface area contributed by atoms with Gasteiger partial charge in [-0.15, -0.1) is 0 Å². The van der Waals surface area contributed by atoms with E-state index in [1.807, 2.05) is 0 Å². The minimum absolute atomic E-state index is 0.0225. The van der Waals surface area contributed by atoms with Crippen LogP contribution in [0.2, 0.25) is 0 Å². The van der Waals surface area contributed by atoms with E-state index < -0.39 is 18.2 Å². The third-order valence-corrected chi connectivity index (χ3v) is 3.67. The molecule has 0 saturated carbocycles. The number of rotatable bonds is 5. The standard InChI is InChI=1S/C15H21F3N4O3/c1-24-8-9-25-13-3-2-11(10-20-13)21-14(23)22-6-4-12(15(16,17)18)19-5-7-22/h2-3,10,12,19H,4-9H2,1H3,(H,21,23)/t12-/m0/s1. The maximum Gasteiger partial charge on any atom is 0.403 e. The summed E-state index contributed by atoms with van der Waals surface area (Å²) in [4.78, 5) is 17.6. The molecule has 1 aliphatic rings. The molecule has 7 nitrogen and oxygen atoms in total. The van der Waals surface area contributed by atoms with Crippen LogP contribution in [0.1, 0.15) is 6.42 Å². The van der Waals surface area contributed by atoms with E-state index in [-0.39, 0.29) is 26.1 Å². The molecular weight excluding hydrogens is 341 g/mol. The largest absolute Gasteiger partial charge is 0.475 e. The van der Waals surface area contributed by atoms with Crippen molar-refractivity contribution in [3.8, 4) is 5.88 Å². The highest BCUT2D eigenvalue weighted by atomic mass is 19.4. The molecule has 0 spiro atoms. The van der Waals surface area contributed by atoms with Crippen molar-refractivity contribution in [1.29, 1.82) is 0 Å². The van der Waals surface area contributed by atoms with E-state index in [9.17, 15) is 18.0 Å². The lowest BCUT2D eigenvalue weighted by molar-refractivity contribution is -0.156. The number of methoxy groups -OCH3 is 1. The normalized spacial score (nSPS) is 18.6. The number of carbonyl (C=O) groups excluding carboxylic acids is 1. The van der Waals surface area contributed by atoms with Gasteiger partial charge in [0.2, 0.25) is 5.88 Å². The third kappa shape index (κ3) is 6.05. The number of hydrogen-bond donors (Lipinski definition) is 2. The number of nitrogens with zero attached hydrogens (tertiary/aromatic N) is 2. The maximum absolute atomic E-state index is 12.7. The van der Waals surface area contributed by atoms with Crippen molar-refractivity contribution in [3.05, 3.63) is 18.3 Å². The van der Waals surface area contributed by atoms with Crippen molar-refractivity contribution in [2.75, 3.05) is 45.3 Å². The summed E-state index contributed by atoms with van der Waals surface area (Å²) in [5, 5.41) is 5.04. The van der Waals surface area contributed by atoms with Crippen LogP contribution >= 0.6 is 0 Å². The van der Waals surface area contributed by atoms with E-state index in [1.54, 1.807) is 19.2 Å². The first-order chi connectivity index (χ1) is 11.9. The van der Waals surface area contributed by atoms with Gasteiger partial charge in [-0.2, -0.15) is 13.2 Å². The van der Waals surface area contributed by atoms with Gasteiger partial charge in [-0.1, -0.05) is 0 Å². The number of ether oxygens (including phenoxy) is 2. The van der Waals surface area contributed by atoms with Gasteiger partial charge in [0.1, 0.15) is 12.6 Å². The second kappa shape index (κ2) is 8.86. The molecule has 2 amide bonds. The average Bonchev–Trinajstić information content (AvgIpc) is 2.83. The lowest BCUT2D eigenvalue weighted by atomic mass is 10.2. The summed E-state index contributed by atoms with van der Waals surface area (Å²) < 4.78 is 48.4. The lowest BCUT2D eigenvalue weighted by Gasteiger charge is -2.21. The Morgan fingerprint density at radius 2 is 2.20 bits per heavy atom. The Hall–Kier alpha value is -2.07. The van der Waals surface area contributed by atoms with Gasteiger partial charge in [-0.25, -0.2) is 9.78 Å². The smallest absolute Gasteiger partial charge is 0.403 e. The number of urea groups is 1. The molecule has 2 N–H and O–H groups in total. The van der Waals surface area contributed by atoms with Crippen molar-refractivity contribution >= 4 is 11.7 Å². The molecule has 10 heteroatoms. The Labute approximate surface area is 143 Å². The molecule has 1 atom stereocenters. The summed E-state index contributed by atoms with van der Waals surface area (Å²) >= 11 is 0. The average molecular weight is 362 g/mol. The fraction of sp³-hybridized carbons (Fsp3) is 0.600. The molecule has 0 aliphatic carbocycles. The molecular formula is C15H21F3N4O3. The van der Waals surface area contributed by atoms with Crippen LogP contribution in [-0.2, 0) is 4.74 Å². The first-order valence-corrected chi connectivity index (χ1v) is 7.84. The number of hydrogen-bond acceptors (Lipinski definition) is 5. The summed E-state index contributed by atoms with van der Waals surface area (Å²) in [6.07, 6.45) is -3.06. The Kier molecular flexibility index (Phi) is 6.82. The minimum atomic E-state index is -4.31. The van der Waals surface area contributed by atoms with Gasteiger partial charge in [0.25, 0.3) is 0 Å².